The zero-order chi connectivity index (χ0) is 13.8. The van der Waals surface area contributed by atoms with Gasteiger partial charge in [0.05, 0.1) is 12.2 Å². The Kier molecular flexibility index (Phi) is 4.50. The monoisotopic (exact) mass is 277 g/mol. The lowest BCUT2D eigenvalue weighted by Gasteiger charge is -2.16. The predicted molar refractivity (Wildman–Crippen MR) is 81.2 cm³/mol. The van der Waals surface area contributed by atoms with Gasteiger partial charge < -0.3 is 11.1 Å². The summed E-state index contributed by atoms with van der Waals surface area (Å²) in [6, 6.07) is 7.33. The van der Waals surface area contributed by atoms with Crippen LogP contribution in [0.5, 0.6) is 0 Å². The Labute approximate surface area is 119 Å². The van der Waals surface area contributed by atoms with Crippen LogP contribution in [0, 0.1) is 5.92 Å². The highest BCUT2D eigenvalue weighted by atomic mass is 32.1. The van der Waals surface area contributed by atoms with Gasteiger partial charge >= 0.3 is 0 Å². The highest BCUT2D eigenvalue weighted by molar-refractivity contribution is 7.80. The van der Waals surface area contributed by atoms with Crippen molar-refractivity contribution in [2.24, 2.45) is 11.7 Å². The molecular formula is C14H19N3OS. The molecule has 1 saturated carbocycles. The highest BCUT2D eigenvalue weighted by Crippen LogP contribution is 2.29. The number of carbonyl (C=O) groups is 1. The second-order valence-electron chi connectivity index (χ2n) is 5.10. The van der Waals surface area contributed by atoms with E-state index in [1.165, 1.54) is 12.8 Å². The molecule has 3 N–H and O–H groups in total. The summed E-state index contributed by atoms with van der Waals surface area (Å²) in [6.45, 7) is 1.38. The van der Waals surface area contributed by atoms with E-state index in [9.17, 15) is 4.79 Å². The van der Waals surface area contributed by atoms with Gasteiger partial charge in [0.15, 0.2) is 0 Å². The number of nitrogens with one attached hydrogen (secondary N) is 1. The van der Waals surface area contributed by atoms with Gasteiger partial charge in [-0.3, -0.25) is 9.69 Å². The molecule has 1 aromatic rings. The van der Waals surface area contributed by atoms with E-state index in [1.54, 1.807) is 0 Å². The first-order valence-corrected chi connectivity index (χ1v) is 6.84. The van der Waals surface area contributed by atoms with E-state index in [0.29, 0.717) is 22.8 Å². The van der Waals surface area contributed by atoms with E-state index >= 15 is 0 Å². The second kappa shape index (κ2) is 6.12. The van der Waals surface area contributed by atoms with Crippen LogP contribution in [-0.4, -0.2) is 35.9 Å². The van der Waals surface area contributed by atoms with E-state index in [0.717, 1.165) is 12.5 Å². The molecule has 0 spiro atoms. The molecule has 1 fully saturated rings. The van der Waals surface area contributed by atoms with E-state index < -0.39 is 0 Å². The fourth-order valence-corrected chi connectivity index (χ4v) is 2.23. The van der Waals surface area contributed by atoms with Gasteiger partial charge in [0.1, 0.15) is 4.99 Å². The third kappa shape index (κ3) is 4.29. The Hall–Kier alpha value is -1.46. The van der Waals surface area contributed by atoms with Crippen molar-refractivity contribution in [3.8, 4) is 0 Å². The number of nitrogens with two attached hydrogens (primary N) is 1. The van der Waals surface area contributed by atoms with Crippen LogP contribution >= 0.6 is 12.2 Å². The molecule has 0 unspecified atom stereocenters. The lowest BCUT2D eigenvalue weighted by molar-refractivity contribution is -0.117. The number of likely N-dealkylation sites (N-methyl/N-ethyl adjacent to an activating group) is 1. The number of benzene rings is 1. The Morgan fingerprint density at radius 1 is 1.47 bits per heavy atom. The van der Waals surface area contributed by atoms with Crippen LogP contribution in [0.25, 0.3) is 0 Å². The quantitative estimate of drug-likeness (QED) is 0.776. The first-order valence-electron chi connectivity index (χ1n) is 6.43. The summed E-state index contributed by atoms with van der Waals surface area (Å²) in [7, 11) is 1.97. The van der Waals surface area contributed by atoms with Crippen molar-refractivity contribution in [1.29, 1.82) is 0 Å². The summed E-state index contributed by atoms with van der Waals surface area (Å²) in [4.78, 5) is 14.3. The maximum atomic E-state index is 12.0. The average Bonchev–Trinajstić information content (AvgIpc) is 3.12. The SMILES string of the molecule is CN(CC(=O)Nc1ccccc1C(N)=S)CC1CC1. The Morgan fingerprint density at radius 3 is 2.79 bits per heavy atom. The van der Waals surface area contributed by atoms with Crippen LogP contribution in [0.15, 0.2) is 24.3 Å². The maximum Gasteiger partial charge on any atom is 0.238 e. The molecule has 1 aromatic carbocycles. The largest absolute Gasteiger partial charge is 0.389 e. The lowest BCUT2D eigenvalue weighted by Crippen LogP contribution is -2.32. The summed E-state index contributed by atoms with van der Waals surface area (Å²) in [5.41, 5.74) is 7.02. The number of para-hydroxylation sites is 1. The van der Waals surface area contributed by atoms with Crippen molar-refractivity contribution in [2.45, 2.75) is 12.8 Å². The Morgan fingerprint density at radius 2 is 2.16 bits per heavy atom. The van der Waals surface area contributed by atoms with Crippen LogP contribution in [0.1, 0.15) is 18.4 Å². The molecule has 0 aliphatic heterocycles. The number of anilines is 1. The van der Waals surface area contributed by atoms with Gasteiger partial charge in [-0.15, -0.1) is 0 Å². The smallest absolute Gasteiger partial charge is 0.238 e. The number of hydrogen-bond acceptors (Lipinski definition) is 3. The molecule has 102 valence electrons. The molecule has 0 saturated heterocycles. The maximum absolute atomic E-state index is 12.0. The van der Waals surface area contributed by atoms with Crippen molar-refractivity contribution in [1.82, 2.24) is 4.90 Å². The molecule has 0 radical (unpaired) electrons. The van der Waals surface area contributed by atoms with Crippen molar-refractivity contribution < 1.29 is 4.79 Å². The summed E-state index contributed by atoms with van der Waals surface area (Å²) < 4.78 is 0. The first kappa shape index (κ1) is 14.0. The molecule has 4 nitrogen and oxygen atoms in total. The lowest BCUT2D eigenvalue weighted by atomic mass is 10.2. The molecule has 0 atom stereocenters. The van der Waals surface area contributed by atoms with Crippen LogP contribution in [0.4, 0.5) is 5.69 Å². The molecule has 0 heterocycles. The average molecular weight is 277 g/mol. The van der Waals surface area contributed by atoms with Crippen LogP contribution in [-0.2, 0) is 4.79 Å². The van der Waals surface area contributed by atoms with E-state index in [-0.39, 0.29) is 5.91 Å². The summed E-state index contributed by atoms with van der Waals surface area (Å²) in [6.07, 6.45) is 2.58. The predicted octanol–water partition coefficient (Wildman–Crippen LogP) is 1.60. The van der Waals surface area contributed by atoms with Crippen molar-refractivity contribution in [2.75, 3.05) is 25.5 Å². The molecule has 1 aliphatic carbocycles. The third-order valence-electron chi connectivity index (χ3n) is 3.15. The molecule has 0 aromatic heterocycles. The minimum Gasteiger partial charge on any atom is -0.389 e. The van der Waals surface area contributed by atoms with Gasteiger partial charge in [-0.2, -0.15) is 0 Å². The third-order valence-corrected chi connectivity index (χ3v) is 3.37. The normalized spacial score (nSPS) is 14.4. The zero-order valence-electron chi connectivity index (χ0n) is 11.1. The standard InChI is InChI=1S/C14H19N3OS/c1-17(8-10-6-7-10)9-13(18)16-12-5-3-2-4-11(12)14(15)19/h2-5,10H,6-9H2,1H3,(H2,15,19)(H,16,18). The number of thiocarbonyl (C=S) groups is 1. The minimum atomic E-state index is -0.0353. The topological polar surface area (TPSA) is 58.4 Å². The van der Waals surface area contributed by atoms with E-state index in [1.807, 2.05) is 31.3 Å². The van der Waals surface area contributed by atoms with E-state index in [4.69, 9.17) is 18.0 Å². The summed E-state index contributed by atoms with van der Waals surface area (Å²) in [5, 5.41) is 2.87. The number of rotatable bonds is 6. The summed E-state index contributed by atoms with van der Waals surface area (Å²) in [5.74, 6) is 0.744. The van der Waals surface area contributed by atoms with Crippen LogP contribution < -0.4 is 11.1 Å². The van der Waals surface area contributed by atoms with Gasteiger partial charge in [-0.05, 0) is 37.9 Å². The molecule has 19 heavy (non-hydrogen) atoms. The van der Waals surface area contributed by atoms with Gasteiger partial charge in [0, 0.05) is 12.1 Å². The number of hydrogen-bond donors (Lipinski definition) is 2. The fraction of sp³-hybridized carbons (Fsp3) is 0.429. The van der Waals surface area contributed by atoms with Crippen LogP contribution in [0.2, 0.25) is 0 Å². The molecule has 1 amide bonds. The first-order chi connectivity index (χ1) is 9.06. The molecular weight excluding hydrogens is 258 g/mol. The van der Waals surface area contributed by atoms with Crippen molar-refractivity contribution >= 4 is 28.8 Å². The van der Waals surface area contributed by atoms with Crippen molar-refractivity contribution in [3.63, 3.8) is 0 Å². The van der Waals surface area contributed by atoms with E-state index in [2.05, 4.69) is 10.2 Å². The van der Waals surface area contributed by atoms with Gasteiger partial charge in [0.2, 0.25) is 5.91 Å². The van der Waals surface area contributed by atoms with Crippen LogP contribution in [0.3, 0.4) is 0 Å². The fourth-order valence-electron chi connectivity index (χ4n) is 2.05. The van der Waals surface area contributed by atoms with Gasteiger partial charge in [-0.1, -0.05) is 24.4 Å². The number of carbonyl (C=O) groups excluding carboxylic acids is 1. The molecule has 5 heteroatoms. The van der Waals surface area contributed by atoms with Gasteiger partial charge in [-0.25, -0.2) is 0 Å². The molecule has 0 bridgehead atoms. The minimum absolute atomic E-state index is 0.0353. The Bertz CT molecular complexity index is 485. The van der Waals surface area contributed by atoms with Gasteiger partial charge in [0.25, 0.3) is 0 Å². The molecule has 2 rings (SSSR count). The Balaban J connectivity index is 1.92. The molecule has 1 aliphatic rings. The second-order valence-corrected chi connectivity index (χ2v) is 5.54. The number of amides is 1. The summed E-state index contributed by atoms with van der Waals surface area (Å²) >= 11 is 4.97. The number of nitrogens with zero attached hydrogens (tertiary/aromatic N) is 1. The van der Waals surface area contributed by atoms with Crippen molar-refractivity contribution in [3.05, 3.63) is 29.8 Å². The zero-order valence-corrected chi connectivity index (χ0v) is 11.9. The highest BCUT2D eigenvalue weighted by Gasteiger charge is 2.23.